The summed E-state index contributed by atoms with van der Waals surface area (Å²) in [5.74, 6) is 0.410. The summed E-state index contributed by atoms with van der Waals surface area (Å²) in [5, 5.41) is 13.0. The van der Waals surface area contributed by atoms with Crippen molar-refractivity contribution < 1.29 is 13.9 Å². The molecule has 1 amide bonds. The van der Waals surface area contributed by atoms with Crippen LogP contribution in [0.2, 0.25) is 5.02 Å². The van der Waals surface area contributed by atoms with Crippen LogP contribution >= 0.6 is 11.6 Å². The van der Waals surface area contributed by atoms with Gasteiger partial charge in [-0.2, -0.15) is 10.2 Å². The molecule has 2 aromatic carbocycles. The standard InChI is InChI=1S/C27H24ClFN6O2/c1-16-13-24(33-34(16)14-21-22(28)5-4-6-23(21)29)31-25(36)15-35-27-26(17(2)32-35)20(11-12-30-27)18-7-9-19(37-3)10-8-18/h4-13H,14-15H2,1-3H3,(H,31,33,36). The number of amides is 1. The van der Waals surface area contributed by atoms with Crippen LogP contribution in [0.15, 0.2) is 60.8 Å². The normalized spacial score (nSPS) is 11.2. The molecule has 0 saturated carbocycles. The Balaban J connectivity index is 1.36. The number of anilines is 1. The van der Waals surface area contributed by atoms with E-state index in [2.05, 4.69) is 20.5 Å². The molecule has 0 fully saturated rings. The summed E-state index contributed by atoms with van der Waals surface area (Å²) in [6.07, 6.45) is 1.70. The van der Waals surface area contributed by atoms with Crippen molar-refractivity contribution in [3.8, 4) is 16.9 Å². The number of halogens is 2. The molecule has 0 aliphatic carbocycles. The van der Waals surface area contributed by atoms with Crippen LogP contribution in [-0.4, -0.2) is 37.6 Å². The van der Waals surface area contributed by atoms with E-state index < -0.39 is 5.82 Å². The molecule has 3 aromatic heterocycles. The Kier molecular flexibility index (Phi) is 6.62. The fourth-order valence-corrected chi connectivity index (χ4v) is 4.51. The van der Waals surface area contributed by atoms with Gasteiger partial charge in [0.05, 0.1) is 19.3 Å². The molecular weight excluding hydrogens is 495 g/mol. The number of hydrogen-bond donors (Lipinski definition) is 1. The van der Waals surface area contributed by atoms with Crippen molar-refractivity contribution in [2.24, 2.45) is 0 Å². The lowest BCUT2D eigenvalue weighted by atomic mass is 10.0. The number of fused-ring (bicyclic) bond motifs is 1. The number of rotatable bonds is 7. The van der Waals surface area contributed by atoms with Crippen LogP contribution < -0.4 is 10.1 Å². The van der Waals surface area contributed by atoms with E-state index in [4.69, 9.17) is 16.3 Å². The number of nitrogens with one attached hydrogen (secondary N) is 1. The largest absolute Gasteiger partial charge is 0.497 e. The van der Waals surface area contributed by atoms with Crippen LogP contribution in [0, 0.1) is 19.7 Å². The molecular formula is C27H24ClFN6O2. The Morgan fingerprint density at radius 3 is 2.59 bits per heavy atom. The third kappa shape index (κ3) is 4.90. The molecule has 0 spiro atoms. The van der Waals surface area contributed by atoms with Gasteiger partial charge in [-0.1, -0.05) is 29.8 Å². The first-order chi connectivity index (χ1) is 17.8. The van der Waals surface area contributed by atoms with E-state index in [0.717, 1.165) is 33.7 Å². The van der Waals surface area contributed by atoms with Crippen LogP contribution in [0.3, 0.4) is 0 Å². The lowest BCUT2D eigenvalue weighted by Gasteiger charge is -2.08. The van der Waals surface area contributed by atoms with Crippen molar-refractivity contribution in [3.05, 3.63) is 88.6 Å². The number of carbonyl (C=O) groups excluding carboxylic acids is 1. The van der Waals surface area contributed by atoms with Crippen molar-refractivity contribution in [2.45, 2.75) is 26.9 Å². The zero-order chi connectivity index (χ0) is 26.1. The molecule has 8 nitrogen and oxygen atoms in total. The molecule has 5 aromatic rings. The maximum absolute atomic E-state index is 14.2. The van der Waals surface area contributed by atoms with E-state index in [1.807, 2.05) is 44.2 Å². The van der Waals surface area contributed by atoms with Gasteiger partial charge >= 0.3 is 0 Å². The molecule has 10 heteroatoms. The summed E-state index contributed by atoms with van der Waals surface area (Å²) in [6.45, 7) is 3.82. The Hall–Kier alpha value is -4.24. The minimum Gasteiger partial charge on any atom is -0.497 e. The molecule has 0 aliphatic heterocycles. The Morgan fingerprint density at radius 1 is 1.08 bits per heavy atom. The number of aromatic nitrogens is 5. The van der Waals surface area contributed by atoms with Crippen LogP contribution in [0.5, 0.6) is 5.75 Å². The Labute approximate surface area is 217 Å². The van der Waals surface area contributed by atoms with Crippen LogP contribution in [0.1, 0.15) is 17.0 Å². The highest BCUT2D eigenvalue weighted by Crippen LogP contribution is 2.31. The van der Waals surface area contributed by atoms with E-state index in [1.165, 1.54) is 6.07 Å². The van der Waals surface area contributed by atoms with Gasteiger partial charge in [-0.05, 0) is 55.3 Å². The predicted molar refractivity (Wildman–Crippen MR) is 140 cm³/mol. The summed E-state index contributed by atoms with van der Waals surface area (Å²) in [4.78, 5) is 17.4. The Bertz CT molecular complexity index is 1590. The average Bonchev–Trinajstić information content (AvgIpc) is 3.39. The first kappa shape index (κ1) is 24.5. The van der Waals surface area contributed by atoms with Crippen LogP contribution in [0.4, 0.5) is 10.2 Å². The van der Waals surface area contributed by atoms with Crippen molar-refractivity contribution >= 4 is 34.4 Å². The third-order valence-corrected chi connectivity index (χ3v) is 6.47. The number of aryl methyl sites for hydroxylation is 2. The summed E-state index contributed by atoms with van der Waals surface area (Å²) in [6, 6.07) is 15.9. The highest BCUT2D eigenvalue weighted by molar-refractivity contribution is 6.31. The minimum absolute atomic E-state index is 0.0472. The quantitative estimate of drug-likeness (QED) is 0.312. The van der Waals surface area contributed by atoms with Crippen molar-refractivity contribution in [3.63, 3.8) is 0 Å². The number of pyridine rings is 1. The zero-order valence-corrected chi connectivity index (χ0v) is 21.3. The van der Waals surface area contributed by atoms with Crippen LogP contribution in [0.25, 0.3) is 22.2 Å². The molecule has 0 unspecified atom stereocenters. The lowest BCUT2D eigenvalue weighted by molar-refractivity contribution is -0.116. The second-order valence-electron chi connectivity index (χ2n) is 8.61. The molecule has 0 aliphatic rings. The number of nitrogens with zero attached hydrogens (tertiary/aromatic N) is 5. The molecule has 0 bridgehead atoms. The van der Waals surface area contributed by atoms with Crippen molar-refractivity contribution in [2.75, 3.05) is 12.4 Å². The van der Waals surface area contributed by atoms with Crippen molar-refractivity contribution in [1.29, 1.82) is 0 Å². The van der Waals surface area contributed by atoms with Gasteiger partial charge in [-0.15, -0.1) is 0 Å². The highest BCUT2D eigenvalue weighted by atomic mass is 35.5. The van der Waals surface area contributed by atoms with E-state index in [9.17, 15) is 9.18 Å². The van der Waals surface area contributed by atoms with Crippen molar-refractivity contribution in [1.82, 2.24) is 24.5 Å². The second kappa shape index (κ2) is 10.0. The molecule has 188 valence electrons. The van der Waals surface area contributed by atoms with Gasteiger partial charge in [0.2, 0.25) is 5.91 Å². The maximum atomic E-state index is 14.2. The zero-order valence-electron chi connectivity index (χ0n) is 20.5. The van der Waals surface area contributed by atoms with Gasteiger partial charge < -0.3 is 10.1 Å². The van der Waals surface area contributed by atoms with E-state index >= 15 is 0 Å². The summed E-state index contributed by atoms with van der Waals surface area (Å²) < 4.78 is 22.6. The van der Waals surface area contributed by atoms with E-state index in [-0.39, 0.29) is 19.0 Å². The van der Waals surface area contributed by atoms with E-state index in [0.29, 0.717) is 22.1 Å². The maximum Gasteiger partial charge on any atom is 0.247 e. The number of benzene rings is 2. The molecule has 3 heterocycles. The topological polar surface area (TPSA) is 86.9 Å². The van der Waals surface area contributed by atoms with Gasteiger partial charge in [0.1, 0.15) is 18.1 Å². The van der Waals surface area contributed by atoms with Gasteiger partial charge in [0.15, 0.2) is 11.5 Å². The van der Waals surface area contributed by atoms with E-state index in [1.54, 1.807) is 40.9 Å². The van der Waals surface area contributed by atoms with Gasteiger partial charge in [0.25, 0.3) is 0 Å². The number of carbonyl (C=O) groups is 1. The molecule has 1 N–H and O–H groups in total. The van der Waals surface area contributed by atoms with Crippen LogP contribution in [-0.2, 0) is 17.9 Å². The smallest absolute Gasteiger partial charge is 0.247 e. The number of hydrogen-bond acceptors (Lipinski definition) is 5. The molecule has 0 saturated heterocycles. The number of ether oxygens (including phenoxy) is 1. The first-order valence-corrected chi connectivity index (χ1v) is 12.0. The monoisotopic (exact) mass is 518 g/mol. The predicted octanol–water partition coefficient (Wildman–Crippen LogP) is 5.40. The fourth-order valence-electron chi connectivity index (χ4n) is 4.29. The average molecular weight is 519 g/mol. The Morgan fingerprint density at radius 2 is 1.86 bits per heavy atom. The summed E-state index contributed by atoms with van der Waals surface area (Å²) >= 11 is 6.15. The minimum atomic E-state index is -0.407. The second-order valence-corrected chi connectivity index (χ2v) is 9.01. The highest BCUT2D eigenvalue weighted by Gasteiger charge is 2.17. The molecule has 0 atom stereocenters. The van der Waals surface area contributed by atoms with Gasteiger partial charge in [0, 0.05) is 33.9 Å². The summed E-state index contributed by atoms with van der Waals surface area (Å²) in [7, 11) is 1.63. The first-order valence-electron chi connectivity index (χ1n) is 11.6. The third-order valence-electron chi connectivity index (χ3n) is 6.12. The van der Waals surface area contributed by atoms with Gasteiger partial charge in [-0.3, -0.25) is 9.48 Å². The van der Waals surface area contributed by atoms with Gasteiger partial charge in [-0.25, -0.2) is 14.1 Å². The molecule has 37 heavy (non-hydrogen) atoms. The fraction of sp³-hybridized carbons (Fsp3) is 0.185. The SMILES string of the molecule is COc1ccc(-c2ccnc3c2c(C)nn3CC(=O)Nc2cc(C)n(Cc3c(F)cccc3Cl)n2)cc1. The summed E-state index contributed by atoms with van der Waals surface area (Å²) in [5.41, 5.74) is 4.43. The molecule has 5 rings (SSSR count). The number of methoxy groups -OCH3 is 1. The lowest BCUT2D eigenvalue weighted by Crippen LogP contribution is -2.20. The molecule has 0 radical (unpaired) electrons.